The maximum absolute atomic E-state index is 13.3. The smallest absolute Gasteiger partial charge is 0.340 e. The summed E-state index contributed by atoms with van der Waals surface area (Å²) in [7, 11) is 0. The van der Waals surface area contributed by atoms with Crippen LogP contribution >= 0.6 is 11.6 Å². The minimum Gasteiger partial charge on any atom is -0.452 e. The number of ether oxygens (including phenoxy) is 1. The summed E-state index contributed by atoms with van der Waals surface area (Å²) in [5.74, 6) is -4.08. The van der Waals surface area contributed by atoms with Gasteiger partial charge in [0.2, 0.25) is 0 Å². The van der Waals surface area contributed by atoms with Gasteiger partial charge in [-0.25, -0.2) is 13.6 Å². The Kier molecular flexibility index (Phi) is 7.07. The molecule has 0 atom stereocenters. The Morgan fingerprint density at radius 3 is 2.32 bits per heavy atom. The number of nitriles is 1. The van der Waals surface area contributed by atoms with E-state index in [1.807, 2.05) is 26.0 Å². The molecule has 1 amide bonds. The molecule has 0 aliphatic rings. The molecular weight excluding hydrogens is 390 g/mol. The van der Waals surface area contributed by atoms with Crippen LogP contribution in [0.4, 0.5) is 14.5 Å². The molecule has 0 heterocycles. The van der Waals surface area contributed by atoms with E-state index in [9.17, 15) is 18.4 Å². The first-order chi connectivity index (χ1) is 13.2. The van der Waals surface area contributed by atoms with Crippen molar-refractivity contribution in [2.24, 2.45) is 0 Å². The number of hydrogen-bond donors (Lipinski definition) is 0. The van der Waals surface area contributed by atoms with Crippen LogP contribution in [0.2, 0.25) is 5.02 Å². The lowest BCUT2D eigenvalue weighted by Crippen LogP contribution is -2.35. The molecule has 0 aliphatic heterocycles. The van der Waals surface area contributed by atoms with Gasteiger partial charge in [0.25, 0.3) is 5.91 Å². The molecular formula is C20H17ClF2N2O3. The van der Waals surface area contributed by atoms with Crippen molar-refractivity contribution in [2.75, 3.05) is 18.1 Å². The number of esters is 1. The van der Waals surface area contributed by atoms with Crippen LogP contribution in [0.25, 0.3) is 0 Å². The molecule has 0 spiro atoms. The fourth-order valence-electron chi connectivity index (χ4n) is 2.63. The first-order valence-electron chi connectivity index (χ1n) is 8.30. The minimum atomic E-state index is -1.26. The molecule has 0 aliphatic carbocycles. The zero-order valence-electron chi connectivity index (χ0n) is 15.3. The van der Waals surface area contributed by atoms with E-state index in [1.54, 1.807) is 12.1 Å². The number of benzene rings is 2. The van der Waals surface area contributed by atoms with Crippen LogP contribution in [0.3, 0.4) is 0 Å². The maximum Gasteiger partial charge on any atom is 0.340 e. The predicted octanol–water partition coefficient (Wildman–Crippen LogP) is 4.34. The van der Waals surface area contributed by atoms with Crippen molar-refractivity contribution in [3.63, 3.8) is 0 Å². The van der Waals surface area contributed by atoms with Gasteiger partial charge in [-0.05, 0) is 49.2 Å². The van der Waals surface area contributed by atoms with Crippen LogP contribution in [0.5, 0.6) is 0 Å². The fraction of sp³-hybridized carbons (Fsp3) is 0.250. The Labute approximate surface area is 166 Å². The Balaban J connectivity index is 2.16. The highest BCUT2D eigenvalue weighted by atomic mass is 35.5. The molecule has 2 aromatic rings. The van der Waals surface area contributed by atoms with Gasteiger partial charge in [0.05, 0.1) is 23.1 Å². The molecule has 0 radical (unpaired) electrons. The van der Waals surface area contributed by atoms with E-state index in [2.05, 4.69) is 0 Å². The van der Waals surface area contributed by atoms with Gasteiger partial charge < -0.3 is 9.64 Å². The first-order valence-corrected chi connectivity index (χ1v) is 8.68. The number of aryl methyl sites for hydroxylation is 2. The molecule has 0 fully saturated rings. The van der Waals surface area contributed by atoms with E-state index in [-0.39, 0.29) is 23.6 Å². The topological polar surface area (TPSA) is 70.4 Å². The summed E-state index contributed by atoms with van der Waals surface area (Å²) in [5.41, 5.74) is 2.04. The van der Waals surface area contributed by atoms with E-state index in [0.717, 1.165) is 11.1 Å². The van der Waals surface area contributed by atoms with Gasteiger partial charge in [0.15, 0.2) is 18.2 Å². The van der Waals surface area contributed by atoms with Gasteiger partial charge in [-0.2, -0.15) is 5.26 Å². The van der Waals surface area contributed by atoms with E-state index in [0.29, 0.717) is 17.8 Å². The predicted molar refractivity (Wildman–Crippen MR) is 100 cm³/mol. The van der Waals surface area contributed by atoms with Crippen molar-refractivity contribution in [3.05, 3.63) is 63.7 Å². The summed E-state index contributed by atoms with van der Waals surface area (Å²) in [6.45, 7) is 3.21. The highest BCUT2D eigenvalue weighted by Gasteiger charge is 2.21. The molecule has 146 valence electrons. The number of hydrogen-bond acceptors (Lipinski definition) is 4. The number of nitrogens with zero attached hydrogens (tertiary/aromatic N) is 2. The van der Waals surface area contributed by atoms with Gasteiger partial charge in [0, 0.05) is 12.2 Å². The summed E-state index contributed by atoms with van der Waals surface area (Å²) in [4.78, 5) is 26.0. The second-order valence-electron chi connectivity index (χ2n) is 6.12. The lowest BCUT2D eigenvalue weighted by Gasteiger charge is -2.22. The minimum absolute atomic E-state index is 0.0850. The molecule has 0 N–H and O–H groups in total. The van der Waals surface area contributed by atoms with Crippen LogP contribution in [-0.4, -0.2) is 25.0 Å². The molecule has 0 aromatic heterocycles. The summed E-state index contributed by atoms with van der Waals surface area (Å²) in [5, 5.41) is 8.52. The van der Waals surface area contributed by atoms with E-state index >= 15 is 0 Å². The second-order valence-corrected chi connectivity index (χ2v) is 6.53. The third kappa shape index (κ3) is 5.27. The van der Waals surface area contributed by atoms with Crippen LogP contribution in [0.15, 0.2) is 30.3 Å². The quantitative estimate of drug-likeness (QED) is 0.528. The zero-order valence-corrected chi connectivity index (χ0v) is 16.0. The van der Waals surface area contributed by atoms with Gasteiger partial charge in [-0.3, -0.25) is 4.79 Å². The van der Waals surface area contributed by atoms with E-state index < -0.39 is 30.1 Å². The number of halogens is 3. The number of carbonyl (C=O) groups excluding carboxylic acids is 2. The molecule has 0 bridgehead atoms. The fourth-order valence-corrected chi connectivity index (χ4v) is 2.86. The van der Waals surface area contributed by atoms with Crippen molar-refractivity contribution in [1.82, 2.24) is 0 Å². The van der Waals surface area contributed by atoms with Gasteiger partial charge >= 0.3 is 5.97 Å². The Morgan fingerprint density at radius 1 is 1.11 bits per heavy atom. The van der Waals surface area contributed by atoms with E-state index in [4.69, 9.17) is 21.6 Å². The summed E-state index contributed by atoms with van der Waals surface area (Å²) >= 11 is 5.73. The maximum atomic E-state index is 13.3. The van der Waals surface area contributed by atoms with Crippen LogP contribution in [-0.2, 0) is 9.53 Å². The number of anilines is 1. The summed E-state index contributed by atoms with van der Waals surface area (Å²) < 4.78 is 31.4. The number of rotatable bonds is 6. The van der Waals surface area contributed by atoms with Gasteiger partial charge in [0.1, 0.15) is 0 Å². The normalized spacial score (nSPS) is 10.3. The average Bonchev–Trinajstić information content (AvgIpc) is 2.62. The highest BCUT2D eigenvalue weighted by molar-refractivity contribution is 6.33. The SMILES string of the molecule is Cc1cc(C)cc(N(CCC#N)C(=O)COC(=O)c2cc(F)c(F)cc2Cl)c1. The van der Waals surface area contributed by atoms with Gasteiger partial charge in [-0.15, -0.1) is 0 Å². The lowest BCUT2D eigenvalue weighted by molar-refractivity contribution is -0.121. The van der Waals surface area contributed by atoms with Crippen molar-refractivity contribution in [3.8, 4) is 6.07 Å². The summed E-state index contributed by atoms with van der Waals surface area (Å²) in [6.07, 6.45) is 0.0850. The van der Waals surface area contributed by atoms with Crippen LogP contribution in [0.1, 0.15) is 27.9 Å². The average molecular weight is 407 g/mol. The monoisotopic (exact) mass is 406 g/mol. The Hall–Kier alpha value is -2.98. The van der Waals surface area contributed by atoms with Crippen molar-refractivity contribution < 1.29 is 23.1 Å². The third-order valence-corrected chi connectivity index (χ3v) is 4.14. The second kappa shape index (κ2) is 9.29. The highest BCUT2D eigenvalue weighted by Crippen LogP contribution is 2.22. The molecule has 2 aromatic carbocycles. The summed E-state index contributed by atoms with van der Waals surface area (Å²) in [6, 6.07) is 8.72. The molecule has 0 saturated heterocycles. The first kappa shape index (κ1) is 21.3. The van der Waals surface area contributed by atoms with Gasteiger partial charge in [-0.1, -0.05) is 17.7 Å². The zero-order chi connectivity index (χ0) is 20.8. The van der Waals surface area contributed by atoms with Crippen LogP contribution < -0.4 is 4.90 Å². The molecule has 5 nitrogen and oxygen atoms in total. The molecule has 28 heavy (non-hydrogen) atoms. The van der Waals surface area contributed by atoms with Crippen molar-refractivity contribution >= 4 is 29.2 Å². The largest absolute Gasteiger partial charge is 0.452 e. The van der Waals surface area contributed by atoms with Crippen molar-refractivity contribution in [2.45, 2.75) is 20.3 Å². The Morgan fingerprint density at radius 2 is 1.71 bits per heavy atom. The van der Waals surface area contributed by atoms with Crippen molar-refractivity contribution in [1.29, 1.82) is 5.26 Å². The van der Waals surface area contributed by atoms with E-state index in [1.165, 1.54) is 4.90 Å². The lowest BCUT2D eigenvalue weighted by atomic mass is 10.1. The van der Waals surface area contributed by atoms with Crippen LogP contribution in [0, 0.1) is 36.8 Å². The third-order valence-electron chi connectivity index (χ3n) is 3.82. The number of carbonyl (C=O) groups is 2. The Bertz CT molecular complexity index is 937. The molecule has 8 heteroatoms. The number of amides is 1. The standard InChI is InChI=1S/C20H17ClF2N2O3/c1-12-6-13(2)8-14(7-12)25(5-3-4-24)19(26)11-28-20(27)15-9-17(22)18(23)10-16(15)21/h6-10H,3,5,11H2,1-2H3. The molecule has 0 unspecified atom stereocenters. The molecule has 0 saturated carbocycles. The molecule has 2 rings (SSSR count).